The molecular weight excluding hydrogens is 258 g/mol. The molecule has 0 aliphatic rings. The lowest BCUT2D eigenvalue weighted by molar-refractivity contribution is -0.138. The molecule has 1 rings (SSSR count). The summed E-state index contributed by atoms with van der Waals surface area (Å²) in [6.45, 7) is 6.87. The Labute approximate surface area is 120 Å². The van der Waals surface area contributed by atoms with Gasteiger partial charge in [-0.15, -0.1) is 0 Å². The fourth-order valence-corrected chi connectivity index (χ4v) is 2.05. The van der Waals surface area contributed by atoms with Gasteiger partial charge in [-0.1, -0.05) is 19.1 Å². The molecule has 1 aromatic rings. The van der Waals surface area contributed by atoms with Gasteiger partial charge in [0.15, 0.2) is 0 Å². The average Bonchev–Trinajstić information content (AvgIpc) is 2.43. The van der Waals surface area contributed by atoms with Crippen LogP contribution in [-0.4, -0.2) is 27.3 Å². The van der Waals surface area contributed by atoms with Gasteiger partial charge in [0, 0.05) is 25.5 Å². The maximum absolute atomic E-state index is 12.6. The molecule has 0 spiro atoms. The standard InChI is InChI=1S/C14H21N3OS/c1-4-14(3,12(15)19)13(18)17(5-2)10-11-6-8-16-9-7-11/h6-9H,4-5,10H2,1-3H3,(H2,15,19). The normalized spacial score (nSPS) is 13.6. The topological polar surface area (TPSA) is 59.2 Å². The van der Waals surface area contributed by atoms with Crippen LogP contribution in [0.1, 0.15) is 32.8 Å². The van der Waals surface area contributed by atoms with E-state index in [0.717, 1.165) is 5.56 Å². The third kappa shape index (κ3) is 3.50. The molecule has 2 N–H and O–H groups in total. The molecule has 0 saturated carbocycles. The summed E-state index contributed by atoms with van der Waals surface area (Å²) in [5.74, 6) is -0.0122. The van der Waals surface area contributed by atoms with E-state index in [-0.39, 0.29) is 10.9 Å². The fourth-order valence-electron chi connectivity index (χ4n) is 1.82. The number of aromatic nitrogens is 1. The van der Waals surface area contributed by atoms with Gasteiger partial charge in [0.25, 0.3) is 0 Å². The number of rotatable bonds is 6. The molecular formula is C14H21N3OS. The highest BCUT2D eigenvalue weighted by Crippen LogP contribution is 2.25. The molecule has 0 radical (unpaired) electrons. The van der Waals surface area contributed by atoms with Crippen LogP contribution in [0.2, 0.25) is 0 Å². The van der Waals surface area contributed by atoms with Crippen LogP contribution in [0.3, 0.4) is 0 Å². The van der Waals surface area contributed by atoms with Crippen LogP contribution in [0, 0.1) is 5.41 Å². The number of carbonyl (C=O) groups is 1. The van der Waals surface area contributed by atoms with Crippen molar-refractivity contribution in [3.8, 4) is 0 Å². The summed E-state index contributed by atoms with van der Waals surface area (Å²) < 4.78 is 0. The zero-order chi connectivity index (χ0) is 14.5. The second-order valence-electron chi connectivity index (χ2n) is 4.72. The number of hydrogen-bond acceptors (Lipinski definition) is 3. The maximum Gasteiger partial charge on any atom is 0.235 e. The second-order valence-corrected chi connectivity index (χ2v) is 5.16. The number of nitrogens with two attached hydrogens (primary N) is 1. The van der Waals surface area contributed by atoms with Crippen LogP contribution in [0.15, 0.2) is 24.5 Å². The van der Waals surface area contributed by atoms with Crippen LogP contribution in [0.25, 0.3) is 0 Å². The van der Waals surface area contributed by atoms with Crippen molar-refractivity contribution in [2.24, 2.45) is 11.1 Å². The zero-order valence-corrected chi connectivity index (χ0v) is 12.5. The van der Waals surface area contributed by atoms with E-state index in [1.165, 1.54) is 0 Å². The number of nitrogens with zero attached hydrogens (tertiary/aromatic N) is 2. The molecule has 1 unspecified atom stereocenters. The summed E-state index contributed by atoms with van der Waals surface area (Å²) >= 11 is 5.06. The smallest absolute Gasteiger partial charge is 0.235 e. The SMILES string of the molecule is CCN(Cc1ccncc1)C(=O)C(C)(CC)C(N)=S. The van der Waals surface area contributed by atoms with Crippen molar-refractivity contribution < 1.29 is 4.79 Å². The lowest BCUT2D eigenvalue weighted by Gasteiger charge is -2.32. The summed E-state index contributed by atoms with van der Waals surface area (Å²) in [7, 11) is 0. The Hall–Kier alpha value is -1.49. The van der Waals surface area contributed by atoms with Crippen LogP contribution in [0.5, 0.6) is 0 Å². The Balaban J connectivity index is 2.91. The van der Waals surface area contributed by atoms with Crippen LogP contribution >= 0.6 is 12.2 Å². The molecule has 0 aromatic carbocycles. The number of hydrogen-bond donors (Lipinski definition) is 1. The Morgan fingerprint density at radius 2 is 2.00 bits per heavy atom. The lowest BCUT2D eigenvalue weighted by atomic mass is 9.85. The molecule has 0 aliphatic carbocycles. The zero-order valence-electron chi connectivity index (χ0n) is 11.7. The van der Waals surface area contributed by atoms with Crippen LogP contribution in [-0.2, 0) is 11.3 Å². The minimum atomic E-state index is -0.766. The first-order valence-electron chi connectivity index (χ1n) is 6.43. The molecule has 5 heteroatoms. The number of pyridine rings is 1. The third-order valence-corrected chi connectivity index (χ3v) is 3.97. The number of thiocarbonyl (C=S) groups is 1. The molecule has 0 saturated heterocycles. The van der Waals surface area contributed by atoms with Gasteiger partial charge in [0.05, 0.1) is 10.4 Å². The molecule has 1 atom stereocenters. The van der Waals surface area contributed by atoms with Crippen molar-refractivity contribution in [1.29, 1.82) is 0 Å². The first-order chi connectivity index (χ1) is 8.95. The Bertz CT molecular complexity index is 449. The van der Waals surface area contributed by atoms with Gasteiger partial charge in [0.1, 0.15) is 0 Å². The molecule has 104 valence electrons. The summed E-state index contributed by atoms with van der Waals surface area (Å²) in [5.41, 5.74) is 6.02. The monoisotopic (exact) mass is 279 g/mol. The quantitative estimate of drug-likeness (QED) is 0.810. The first-order valence-corrected chi connectivity index (χ1v) is 6.84. The van der Waals surface area contributed by atoms with Gasteiger partial charge in [0.2, 0.25) is 5.91 Å². The number of amides is 1. The summed E-state index contributed by atoms with van der Waals surface area (Å²) in [6.07, 6.45) is 4.05. The molecule has 0 bridgehead atoms. The third-order valence-electron chi connectivity index (χ3n) is 3.51. The van der Waals surface area contributed by atoms with E-state index >= 15 is 0 Å². The Morgan fingerprint density at radius 3 is 2.42 bits per heavy atom. The van der Waals surface area contributed by atoms with Gasteiger partial charge in [-0.25, -0.2) is 0 Å². The predicted octanol–water partition coefficient (Wildman–Crippen LogP) is 2.13. The number of carbonyl (C=O) groups excluding carboxylic acids is 1. The summed E-state index contributed by atoms with van der Waals surface area (Å²) in [5, 5.41) is 0. The predicted molar refractivity (Wildman–Crippen MR) is 80.5 cm³/mol. The van der Waals surface area contributed by atoms with Crippen LogP contribution < -0.4 is 5.73 Å². The van der Waals surface area contributed by atoms with Crippen molar-refractivity contribution in [2.45, 2.75) is 33.7 Å². The van der Waals surface area contributed by atoms with Gasteiger partial charge in [-0.05, 0) is 38.0 Å². The van der Waals surface area contributed by atoms with Crippen molar-refractivity contribution in [2.75, 3.05) is 6.54 Å². The van der Waals surface area contributed by atoms with E-state index in [2.05, 4.69) is 4.98 Å². The maximum atomic E-state index is 12.6. The van der Waals surface area contributed by atoms with E-state index in [1.54, 1.807) is 17.3 Å². The van der Waals surface area contributed by atoms with E-state index in [0.29, 0.717) is 19.5 Å². The van der Waals surface area contributed by atoms with E-state index < -0.39 is 5.41 Å². The molecule has 1 amide bonds. The molecule has 4 nitrogen and oxygen atoms in total. The van der Waals surface area contributed by atoms with Crippen molar-refractivity contribution >= 4 is 23.1 Å². The Kier molecular flexibility index (Phi) is 5.42. The van der Waals surface area contributed by atoms with Gasteiger partial charge >= 0.3 is 0 Å². The van der Waals surface area contributed by atoms with Crippen molar-refractivity contribution in [1.82, 2.24) is 9.88 Å². The average molecular weight is 279 g/mol. The Morgan fingerprint density at radius 1 is 1.42 bits per heavy atom. The highest BCUT2D eigenvalue weighted by molar-refractivity contribution is 7.80. The summed E-state index contributed by atoms with van der Waals surface area (Å²) in [6, 6.07) is 3.81. The van der Waals surface area contributed by atoms with Crippen molar-refractivity contribution in [3.05, 3.63) is 30.1 Å². The lowest BCUT2D eigenvalue weighted by Crippen LogP contribution is -2.48. The highest BCUT2D eigenvalue weighted by Gasteiger charge is 2.37. The first kappa shape index (κ1) is 15.6. The van der Waals surface area contributed by atoms with E-state index in [9.17, 15) is 4.79 Å². The molecule has 0 fully saturated rings. The van der Waals surface area contributed by atoms with Crippen LogP contribution in [0.4, 0.5) is 0 Å². The summed E-state index contributed by atoms with van der Waals surface area (Å²) in [4.78, 5) is 18.6. The molecule has 1 aromatic heterocycles. The fraction of sp³-hybridized carbons (Fsp3) is 0.500. The minimum Gasteiger partial charge on any atom is -0.392 e. The largest absolute Gasteiger partial charge is 0.392 e. The van der Waals surface area contributed by atoms with Gasteiger partial charge in [-0.3, -0.25) is 9.78 Å². The van der Waals surface area contributed by atoms with Crippen molar-refractivity contribution in [3.63, 3.8) is 0 Å². The van der Waals surface area contributed by atoms with Gasteiger partial charge < -0.3 is 10.6 Å². The molecule has 1 heterocycles. The van der Waals surface area contributed by atoms with Gasteiger partial charge in [-0.2, -0.15) is 0 Å². The molecule has 19 heavy (non-hydrogen) atoms. The van der Waals surface area contributed by atoms with E-state index in [4.69, 9.17) is 18.0 Å². The molecule has 0 aliphatic heterocycles. The second kappa shape index (κ2) is 6.61. The highest BCUT2D eigenvalue weighted by atomic mass is 32.1. The van der Waals surface area contributed by atoms with E-state index in [1.807, 2.05) is 32.9 Å². The minimum absolute atomic E-state index is 0.0122.